The summed E-state index contributed by atoms with van der Waals surface area (Å²) in [7, 11) is 0. The number of hydrogen-bond acceptors (Lipinski definition) is 3. The van der Waals surface area contributed by atoms with Crippen LogP contribution in [0.25, 0.3) is 0 Å². The molecule has 0 aromatic heterocycles. The molecule has 1 fully saturated rings. The summed E-state index contributed by atoms with van der Waals surface area (Å²) in [5.41, 5.74) is 0.843. The zero-order valence-electron chi connectivity index (χ0n) is 8.64. The van der Waals surface area contributed by atoms with E-state index in [2.05, 4.69) is 5.32 Å². The van der Waals surface area contributed by atoms with Crippen LogP contribution >= 0.6 is 0 Å². The highest BCUT2D eigenvalue weighted by Crippen LogP contribution is 2.17. The molecule has 0 spiro atoms. The van der Waals surface area contributed by atoms with Gasteiger partial charge in [0.15, 0.2) is 0 Å². The lowest BCUT2D eigenvalue weighted by Crippen LogP contribution is -2.48. The Morgan fingerprint density at radius 2 is 2.25 bits per heavy atom. The number of carbonyl (C=O) groups is 2. The number of nitrogens with one attached hydrogen (secondary N) is 1. The van der Waals surface area contributed by atoms with Crippen molar-refractivity contribution in [3.05, 3.63) is 29.8 Å². The van der Waals surface area contributed by atoms with E-state index < -0.39 is 5.97 Å². The Morgan fingerprint density at radius 1 is 1.44 bits per heavy atom. The molecule has 5 nitrogen and oxygen atoms in total. The summed E-state index contributed by atoms with van der Waals surface area (Å²) in [4.78, 5) is 24.0. The number of carboxylic acids is 1. The van der Waals surface area contributed by atoms with Gasteiger partial charge in [-0.15, -0.1) is 0 Å². The second kappa shape index (κ2) is 4.32. The van der Waals surface area contributed by atoms with E-state index in [1.807, 2.05) is 0 Å². The zero-order chi connectivity index (χ0) is 11.5. The lowest BCUT2D eigenvalue weighted by Gasteiger charge is -2.27. The molecule has 0 bridgehead atoms. The lowest BCUT2D eigenvalue weighted by molar-refractivity contribution is -0.118. The Balaban J connectivity index is 2.28. The van der Waals surface area contributed by atoms with Gasteiger partial charge in [0, 0.05) is 18.8 Å². The highest BCUT2D eigenvalue weighted by Gasteiger charge is 2.19. The summed E-state index contributed by atoms with van der Waals surface area (Å²) in [5.74, 6) is -1.02. The number of piperazine rings is 1. The van der Waals surface area contributed by atoms with Crippen molar-refractivity contribution in [1.29, 1.82) is 0 Å². The molecule has 16 heavy (non-hydrogen) atoms. The summed E-state index contributed by atoms with van der Waals surface area (Å²) < 4.78 is 0. The van der Waals surface area contributed by atoms with E-state index >= 15 is 0 Å². The minimum atomic E-state index is -0.982. The quantitative estimate of drug-likeness (QED) is 0.753. The highest BCUT2D eigenvalue weighted by atomic mass is 16.4. The average molecular weight is 220 g/mol. The van der Waals surface area contributed by atoms with E-state index in [0.717, 1.165) is 6.54 Å². The van der Waals surface area contributed by atoms with Crippen molar-refractivity contribution in [2.45, 2.75) is 0 Å². The molecule has 2 rings (SSSR count). The predicted octanol–water partition coefficient (Wildman–Crippen LogP) is 0.321. The smallest absolute Gasteiger partial charge is 0.335 e. The van der Waals surface area contributed by atoms with E-state index in [1.54, 1.807) is 17.0 Å². The molecule has 1 saturated heterocycles. The van der Waals surface area contributed by atoms with Crippen molar-refractivity contribution in [1.82, 2.24) is 5.32 Å². The van der Waals surface area contributed by atoms with Gasteiger partial charge in [-0.05, 0) is 18.2 Å². The second-order valence-electron chi connectivity index (χ2n) is 3.58. The fourth-order valence-electron chi connectivity index (χ4n) is 1.69. The van der Waals surface area contributed by atoms with Gasteiger partial charge >= 0.3 is 5.97 Å². The molecule has 1 aromatic rings. The SMILES string of the molecule is O=C(O)c1cccc(N2CCNCC2=O)c1. The zero-order valence-corrected chi connectivity index (χ0v) is 8.64. The van der Waals surface area contributed by atoms with Crippen molar-refractivity contribution >= 4 is 17.6 Å². The molecular formula is C11H12N2O3. The average Bonchev–Trinajstić information content (AvgIpc) is 2.30. The number of amides is 1. The number of aromatic carboxylic acids is 1. The maximum absolute atomic E-state index is 11.6. The number of carboxylic acid groups (broad SMARTS) is 1. The van der Waals surface area contributed by atoms with E-state index in [0.29, 0.717) is 18.8 Å². The van der Waals surface area contributed by atoms with E-state index in [-0.39, 0.29) is 11.5 Å². The summed E-state index contributed by atoms with van der Waals surface area (Å²) >= 11 is 0. The van der Waals surface area contributed by atoms with Crippen LogP contribution in [-0.4, -0.2) is 36.6 Å². The van der Waals surface area contributed by atoms with Gasteiger partial charge in [0.2, 0.25) is 5.91 Å². The molecule has 1 aliphatic heterocycles. The van der Waals surface area contributed by atoms with E-state index in [1.165, 1.54) is 12.1 Å². The van der Waals surface area contributed by atoms with Crippen LogP contribution in [0.2, 0.25) is 0 Å². The van der Waals surface area contributed by atoms with Crippen LogP contribution in [0.4, 0.5) is 5.69 Å². The van der Waals surface area contributed by atoms with Gasteiger partial charge < -0.3 is 15.3 Å². The van der Waals surface area contributed by atoms with Gasteiger partial charge in [-0.3, -0.25) is 4.79 Å². The topological polar surface area (TPSA) is 69.6 Å². The minimum absolute atomic E-state index is 0.0335. The molecule has 0 radical (unpaired) electrons. The maximum atomic E-state index is 11.6. The molecule has 84 valence electrons. The summed E-state index contributed by atoms with van der Waals surface area (Å²) in [6, 6.07) is 6.42. The van der Waals surface area contributed by atoms with Gasteiger partial charge in [-0.2, -0.15) is 0 Å². The Hall–Kier alpha value is -1.88. The third-order valence-electron chi connectivity index (χ3n) is 2.49. The van der Waals surface area contributed by atoms with Gasteiger partial charge in [0.05, 0.1) is 12.1 Å². The number of rotatable bonds is 2. The first-order chi connectivity index (χ1) is 7.68. The monoisotopic (exact) mass is 220 g/mol. The fraction of sp³-hybridized carbons (Fsp3) is 0.273. The van der Waals surface area contributed by atoms with Crippen molar-refractivity contribution in [2.24, 2.45) is 0 Å². The normalized spacial score (nSPS) is 16.2. The third kappa shape index (κ3) is 2.04. The fourth-order valence-corrected chi connectivity index (χ4v) is 1.69. The van der Waals surface area contributed by atoms with Crippen LogP contribution < -0.4 is 10.2 Å². The number of carbonyl (C=O) groups excluding carboxylic acids is 1. The molecule has 1 aliphatic rings. The van der Waals surface area contributed by atoms with E-state index in [4.69, 9.17) is 5.11 Å². The minimum Gasteiger partial charge on any atom is -0.478 e. The molecule has 0 unspecified atom stereocenters. The molecule has 1 heterocycles. The van der Waals surface area contributed by atoms with Crippen LogP contribution in [0, 0.1) is 0 Å². The Labute approximate surface area is 92.7 Å². The predicted molar refractivity (Wildman–Crippen MR) is 58.6 cm³/mol. The highest BCUT2D eigenvalue weighted by molar-refractivity contribution is 5.97. The molecular weight excluding hydrogens is 208 g/mol. The molecule has 0 atom stereocenters. The number of nitrogens with zero attached hydrogens (tertiary/aromatic N) is 1. The summed E-state index contributed by atoms with van der Waals surface area (Å²) in [6.45, 7) is 1.60. The van der Waals surface area contributed by atoms with Crippen molar-refractivity contribution in [2.75, 3.05) is 24.5 Å². The molecule has 1 aromatic carbocycles. The molecule has 0 saturated carbocycles. The first-order valence-electron chi connectivity index (χ1n) is 5.03. The van der Waals surface area contributed by atoms with Crippen LogP contribution in [0.5, 0.6) is 0 Å². The van der Waals surface area contributed by atoms with Crippen LogP contribution in [0.15, 0.2) is 24.3 Å². The van der Waals surface area contributed by atoms with Gasteiger partial charge in [-0.1, -0.05) is 6.07 Å². The van der Waals surface area contributed by atoms with Crippen molar-refractivity contribution in [3.63, 3.8) is 0 Å². The Morgan fingerprint density at radius 3 is 2.94 bits per heavy atom. The van der Waals surface area contributed by atoms with Crippen molar-refractivity contribution < 1.29 is 14.7 Å². The van der Waals surface area contributed by atoms with Gasteiger partial charge in [0.25, 0.3) is 0 Å². The molecule has 2 N–H and O–H groups in total. The molecule has 0 aliphatic carbocycles. The number of anilines is 1. The summed E-state index contributed by atoms with van der Waals surface area (Å²) in [5, 5.41) is 11.8. The first-order valence-corrected chi connectivity index (χ1v) is 5.03. The number of hydrogen-bond donors (Lipinski definition) is 2. The van der Waals surface area contributed by atoms with Crippen LogP contribution in [-0.2, 0) is 4.79 Å². The van der Waals surface area contributed by atoms with Crippen molar-refractivity contribution in [3.8, 4) is 0 Å². The standard InChI is InChI=1S/C11H12N2O3/c14-10-7-12-4-5-13(10)9-3-1-2-8(6-9)11(15)16/h1-3,6,12H,4-5,7H2,(H,15,16). The Kier molecular flexibility index (Phi) is 2.87. The van der Waals surface area contributed by atoms with E-state index in [9.17, 15) is 9.59 Å². The first kappa shape index (κ1) is 10.6. The van der Waals surface area contributed by atoms with Crippen LogP contribution in [0.1, 0.15) is 10.4 Å². The van der Waals surface area contributed by atoms with Crippen LogP contribution in [0.3, 0.4) is 0 Å². The maximum Gasteiger partial charge on any atom is 0.335 e. The number of benzene rings is 1. The van der Waals surface area contributed by atoms with Gasteiger partial charge in [-0.25, -0.2) is 4.79 Å². The largest absolute Gasteiger partial charge is 0.478 e. The third-order valence-corrected chi connectivity index (χ3v) is 2.49. The Bertz CT molecular complexity index is 431. The summed E-state index contributed by atoms with van der Waals surface area (Å²) in [6.07, 6.45) is 0. The molecule has 1 amide bonds. The second-order valence-corrected chi connectivity index (χ2v) is 3.58. The molecule has 5 heteroatoms. The lowest BCUT2D eigenvalue weighted by atomic mass is 10.1. The van der Waals surface area contributed by atoms with Gasteiger partial charge in [0.1, 0.15) is 0 Å².